The monoisotopic (exact) mass is 301 g/mol. The molecule has 0 aliphatic rings. The minimum absolute atomic E-state index is 0.148. The van der Waals surface area contributed by atoms with E-state index in [0.29, 0.717) is 11.5 Å². The standard InChI is InChI=1S/C15H19N5O2/c1-10(2)18-11-6-5-7-20(15(11)22)13-9-16-12(8-17-13)14(21)19(3)4/h5-10,18H,1-4H3. The Labute approximate surface area is 128 Å². The number of amides is 1. The van der Waals surface area contributed by atoms with E-state index in [4.69, 9.17) is 0 Å². The van der Waals surface area contributed by atoms with Gasteiger partial charge in [0.05, 0.1) is 12.4 Å². The van der Waals surface area contributed by atoms with Gasteiger partial charge in [-0.2, -0.15) is 0 Å². The molecule has 2 rings (SSSR count). The van der Waals surface area contributed by atoms with Crippen molar-refractivity contribution in [3.8, 4) is 5.82 Å². The van der Waals surface area contributed by atoms with Crippen LogP contribution in [0.15, 0.2) is 35.5 Å². The van der Waals surface area contributed by atoms with Crippen LogP contribution in [0.25, 0.3) is 5.82 Å². The predicted molar refractivity (Wildman–Crippen MR) is 84.4 cm³/mol. The normalized spacial score (nSPS) is 10.6. The molecule has 0 spiro atoms. The maximum atomic E-state index is 12.4. The average molecular weight is 301 g/mol. The van der Waals surface area contributed by atoms with Gasteiger partial charge in [0.1, 0.15) is 11.4 Å². The second-order valence-electron chi connectivity index (χ2n) is 5.36. The first-order valence-electron chi connectivity index (χ1n) is 6.92. The van der Waals surface area contributed by atoms with Crippen molar-refractivity contribution in [1.82, 2.24) is 19.4 Å². The van der Waals surface area contributed by atoms with Crippen LogP contribution >= 0.6 is 0 Å². The molecule has 0 radical (unpaired) electrons. The zero-order valence-corrected chi connectivity index (χ0v) is 13.1. The third kappa shape index (κ3) is 3.30. The van der Waals surface area contributed by atoms with E-state index < -0.39 is 0 Å². The van der Waals surface area contributed by atoms with Gasteiger partial charge in [-0.1, -0.05) is 0 Å². The zero-order valence-electron chi connectivity index (χ0n) is 13.1. The highest BCUT2D eigenvalue weighted by Gasteiger charge is 2.12. The van der Waals surface area contributed by atoms with Gasteiger partial charge in [-0.25, -0.2) is 9.97 Å². The lowest BCUT2D eigenvalue weighted by Gasteiger charge is -2.12. The molecule has 2 aromatic rings. The molecular weight excluding hydrogens is 282 g/mol. The lowest BCUT2D eigenvalue weighted by molar-refractivity contribution is 0.0821. The summed E-state index contributed by atoms with van der Waals surface area (Å²) in [6.45, 7) is 3.91. The number of nitrogens with one attached hydrogen (secondary N) is 1. The van der Waals surface area contributed by atoms with Gasteiger partial charge in [0.15, 0.2) is 5.82 Å². The average Bonchev–Trinajstić information content (AvgIpc) is 2.48. The second-order valence-corrected chi connectivity index (χ2v) is 5.36. The lowest BCUT2D eigenvalue weighted by Crippen LogP contribution is -2.26. The van der Waals surface area contributed by atoms with Crippen LogP contribution in [0.2, 0.25) is 0 Å². The topological polar surface area (TPSA) is 80.1 Å². The van der Waals surface area contributed by atoms with E-state index in [2.05, 4.69) is 15.3 Å². The van der Waals surface area contributed by atoms with Crippen molar-refractivity contribution in [2.45, 2.75) is 19.9 Å². The van der Waals surface area contributed by atoms with Gasteiger partial charge in [0.2, 0.25) is 0 Å². The predicted octanol–water partition coefficient (Wildman–Crippen LogP) is 1.15. The molecule has 0 aliphatic heterocycles. The van der Waals surface area contributed by atoms with Crippen LogP contribution in [0.5, 0.6) is 0 Å². The molecule has 0 atom stereocenters. The summed E-state index contributed by atoms with van der Waals surface area (Å²) in [5.74, 6) is 0.134. The van der Waals surface area contributed by atoms with Crippen molar-refractivity contribution in [2.24, 2.45) is 0 Å². The van der Waals surface area contributed by atoms with Gasteiger partial charge in [-0.3, -0.25) is 14.2 Å². The molecule has 0 bridgehead atoms. The number of carbonyl (C=O) groups is 1. The smallest absolute Gasteiger partial charge is 0.279 e. The Morgan fingerprint density at radius 1 is 1.27 bits per heavy atom. The Kier molecular flexibility index (Phi) is 4.55. The van der Waals surface area contributed by atoms with E-state index in [0.717, 1.165) is 0 Å². The van der Waals surface area contributed by atoms with E-state index >= 15 is 0 Å². The molecule has 0 unspecified atom stereocenters. The Bertz CT molecular complexity index is 719. The Morgan fingerprint density at radius 2 is 2.00 bits per heavy atom. The number of carbonyl (C=O) groups excluding carboxylic acids is 1. The minimum Gasteiger partial charge on any atom is -0.378 e. The molecule has 22 heavy (non-hydrogen) atoms. The zero-order chi connectivity index (χ0) is 16.3. The third-order valence-corrected chi connectivity index (χ3v) is 2.90. The molecule has 0 saturated carbocycles. The summed E-state index contributed by atoms with van der Waals surface area (Å²) < 4.78 is 1.39. The van der Waals surface area contributed by atoms with Crippen LogP contribution in [0, 0.1) is 0 Å². The van der Waals surface area contributed by atoms with Crippen LogP contribution in [0.3, 0.4) is 0 Å². The van der Waals surface area contributed by atoms with Gasteiger partial charge in [0.25, 0.3) is 11.5 Å². The summed E-state index contributed by atoms with van der Waals surface area (Å²) in [6, 6.07) is 3.62. The summed E-state index contributed by atoms with van der Waals surface area (Å²) in [6.07, 6.45) is 4.40. The van der Waals surface area contributed by atoms with E-state index in [1.807, 2.05) is 13.8 Å². The van der Waals surface area contributed by atoms with Crippen molar-refractivity contribution in [3.05, 3.63) is 46.8 Å². The molecule has 7 heteroatoms. The molecule has 7 nitrogen and oxygen atoms in total. The van der Waals surface area contributed by atoms with Crippen molar-refractivity contribution < 1.29 is 4.79 Å². The molecule has 0 saturated heterocycles. The van der Waals surface area contributed by atoms with E-state index in [1.54, 1.807) is 32.4 Å². The number of hydrogen-bond acceptors (Lipinski definition) is 5. The molecule has 0 aliphatic carbocycles. The van der Waals surface area contributed by atoms with Crippen LogP contribution in [0.1, 0.15) is 24.3 Å². The fourth-order valence-electron chi connectivity index (χ4n) is 1.88. The summed E-state index contributed by atoms with van der Waals surface area (Å²) in [4.78, 5) is 33.8. The number of pyridine rings is 1. The molecule has 116 valence electrons. The van der Waals surface area contributed by atoms with Crippen molar-refractivity contribution in [1.29, 1.82) is 0 Å². The SMILES string of the molecule is CC(C)Nc1cccn(-c2cnc(C(=O)N(C)C)cn2)c1=O. The number of nitrogens with zero attached hydrogens (tertiary/aromatic N) is 4. The fourth-order valence-corrected chi connectivity index (χ4v) is 1.88. The molecule has 0 aromatic carbocycles. The van der Waals surface area contributed by atoms with Crippen LogP contribution in [-0.4, -0.2) is 45.5 Å². The number of hydrogen-bond donors (Lipinski definition) is 1. The van der Waals surface area contributed by atoms with Crippen LogP contribution in [0.4, 0.5) is 5.69 Å². The second kappa shape index (κ2) is 6.38. The van der Waals surface area contributed by atoms with E-state index in [-0.39, 0.29) is 23.2 Å². The highest BCUT2D eigenvalue weighted by Crippen LogP contribution is 2.06. The van der Waals surface area contributed by atoms with Gasteiger partial charge >= 0.3 is 0 Å². The Balaban J connectivity index is 2.37. The molecule has 0 fully saturated rings. The summed E-state index contributed by atoms with van der Waals surface area (Å²) in [5, 5.41) is 3.09. The fraction of sp³-hybridized carbons (Fsp3) is 0.333. The van der Waals surface area contributed by atoms with E-state index in [9.17, 15) is 9.59 Å². The lowest BCUT2D eigenvalue weighted by atomic mass is 10.3. The molecular formula is C15H19N5O2. The van der Waals surface area contributed by atoms with Gasteiger partial charge in [0, 0.05) is 26.3 Å². The highest BCUT2D eigenvalue weighted by molar-refractivity contribution is 5.91. The maximum absolute atomic E-state index is 12.4. The van der Waals surface area contributed by atoms with E-state index in [1.165, 1.54) is 21.9 Å². The largest absolute Gasteiger partial charge is 0.378 e. The van der Waals surface area contributed by atoms with Gasteiger partial charge in [-0.05, 0) is 26.0 Å². The molecule has 2 heterocycles. The van der Waals surface area contributed by atoms with Crippen molar-refractivity contribution in [2.75, 3.05) is 19.4 Å². The quantitative estimate of drug-likeness (QED) is 0.916. The number of anilines is 1. The van der Waals surface area contributed by atoms with Gasteiger partial charge in [-0.15, -0.1) is 0 Å². The maximum Gasteiger partial charge on any atom is 0.279 e. The highest BCUT2D eigenvalue weighted by atomic mass is 16.2. The summed E-state index contributed by atoms with van der Waals surface area (Å²) in [5.41, 5.74) is 0.517. The third-order valence-electron chi connectivity index (χ3n) is 2.90. The summed E-state index contributed by atoms with van der Waals surface area (Å²) >= 11 is 0. The Hall–Kier alpha value is -2.70. The van der Waals surface area contributed by atoms with Crippen LogP contribution in [-0.2, 0) is 0 Å². The number of aromatic nitrogens is 3. The first-order chi connectivity index (χ1) is 10.4. The van der Waals surface area contributed by atoms with Crippen LogP contribution < -0.4 is 10.9 Å². The first-order valence-corrected chi connectivity index (χ1v) is 6.92. The van der Waals surface area contributed by atoms with Gasteiger partial charge < -0.3 is 10.2 Å². The number of rotatable bonds is 4. The molecule has 1 N–H and O–H groups in total. The first kappa shape index (κ1) is 15.7. The Morgan fingerprint density at radius 3 is 2.55 bits per heavy atom. The molecule has 2 aromatic heterocycles. The van der Waals surface area contributed by atoms with Crippen molar-refractivity contribution >= 4 is 11.6 Å². The molecule has 1 amide bonds. The van der Waals surface area contributed by atoms with Crippen molar-refractivity contribution in [3.63, 3.8) is 0 Å². The minimum atomic E-state index is -0.235. The summed E-state index contributed by atoms with van der Waals surface area (Å²) in [7, 11) is 3.28.